The molecule has 1 aromatic rings. The second-order valence-electron chi connectivity index (χ2n) is 3.92. The van der Waals surface area contributed by atoms with Gasteiger partial charge >= 0.3 is 17.7 Å². The van der Waals surface area contributed by atoms with E-state index < -0.39 is 35.0 Å². The summed E-state index contributed by atoms with van der Waals surface area (Å²) in [6.07, 6.45) is 1.33. The number of nitrogens with one attached hydrogen (secondary N) is 1. The normalized spacial score (nSPS) is 9.76. The van der Waals surface area contributed by atoms with Crippen LogP contribution < -0.4 is 5.32 Å². The number of carbonyl (C=O) groups excluding carboxylic acids is 1. The van der Waals surface area contributed by atoms with Crippen LogP contribution in [-0.4, -0.2) is 40.0 Å². The summed E-state index contributed by atoms with van der Waals surface area (Å²) in [7, 11) is 0. The van der Waals surface area contributed by atoms with E-state index in [2.05, 4.69) is 11.9 Å². The van der Waals surface area contributed by atoms with Crippen molar-refractivity contribution >= 4 is 23.4 Å². The molecule has 0 saturated heterocycles. The zero-order valence-electron chi connectivity index (χ0n) is 10.8. The number of nitro benzene ring substituents is 1. The van der Waals surface area contributed by atoms with Gasteiger partial charge in [-0.1, -0.05) is 6.08 Å². The van der Waals surface area contributed by atoms with E-state index in [0.717, 1.165) is 23.1 Å². The Balaban J connectivity index is 2.85. The summed E-state index contributed by atoms with van der Waals surface area (Å²) >= 11 is 0. The molecule has 0 aliphatic heterocycles. The molecule has 0 atom stereocenters. The van der Waals surface area contributed by atoms with Gasteiger partial charge in [0.25, 0.3) is 0 Å². The van der Waals surface area contributed by atoms with E-state index in [9.17, 15) is 24.1 Å². The lowest BCUT2D eigenvalue weighted by Crippen LogP contribution is -2.38. The first-order valence-corrected chi connectivity index (χ1v) is 5.67. The third-order valence-electron chi connectivity index (χ3n) is 2.36. The Morgan fingerprint density at radius 2 is 2.19 bits per heavy atom. The number of anilines is 1. The number of benzene rings is 1. The molecule has 0 aliphatic carbocycles. The van der Waals surface area contributed by atoms with Gasteiger partial charge in [-0.3, -0.25) is 14.9 Å². The summed E-state index contributed by atoms with van der Waals surface area (Å²) in [5, 5.41) is 21.4. The number of carboxylic acid groups (broad SMARTS) is 1. The number of carboxylic acids is 1. The molecular weight excluding hydrogens is 285 g/mol. The van der Waals surface area contributed by atoms with Crippen LogP contribution in [0.4, 0.5) is 20.6 Å². The molecule has 0 spiro atoms. The van der Waals surface area contributed by atoms with Gasteiger partial charge in [-0.15, -0.1) is 6.58 Å². The number of aliphatic carboxylic acids is 1. The van der Waals surface area contributed by atoms with Gasteiger partial charge in [0.2, 0.25) is 5.82 Å². The van der Waals surface area contributed by atoms with E-state index in [0.29, 0.717) is 0 Å². The summed E-state index contributed by atoms with van der Waals surface area (Å²) in [5.74, 6) is -2.33. The minimum absolute atomic E-state index is 0.0202. The predicted molar refractivity (Wildman–Crippen MR) is 71.5 cm³/mol. The van der Waals surface area contributed by atoms with Crippen molar-refractivity contribution in [2.75, 3.05) is 18.4 Å². The summed E-state index contributed by atoms with van der Waals surface area (Å²) in [6, 6.07) is 2.04. The zero-order valence-corrected chi connectivity index (χ0v) is 10.8. The second kappa shape index (κ2) is 6.98. The van der Waals surface area contributed by atoms with Crippen molar-refractivity contribution in [3.63, 3.8) is 0 Å². The average Bonchev–Trinajstić information content (AvgIpc) is 2.37. The van der Waals surface area contributed by atoms with Gasteiger partial charge in [-0.2, -0.15) is 4.39 Å². The Morgan fingerprint density at radius 3 is 2.67 bits per heavy atom. The van der Waals surface area contributed by atoms with Crippen molar-refractivity contribution in [2.45, 2.75) is 0 Å². The summed E-state index contributed by atoms with van der Waals surface area (Å²) in [5.41, 5.74) is -0.746. The largest absolute Gasteiger partial charge is 0.480 e. The first-order valence-electron chi connectivity index (χ1n) is 5.67. The molecule has 0 aromatic heterocycles. The van der Waals surface area contributed by atoms with E-state index in [4.69, 9.17) is 5.11 Å². The maximum absolute atomic E-state index is 13.4. The number of nitrogens with zero attached hydrogens (tertiary/aromatic N) is 2. The highest BCUT2D eigenvalue weighted by Gasteiger charge is 2.18. The molecule has 0 heterocycles. The third kappa shape index (κ3) is 4.56. The number of nitro groups is 1. The quantitative estimate of drug-likeness (QED) is 0.472. The van der Waals surface area contributed by atoms with Crippen LogP contribution in [0.1, 0.15) is 0 Å². The Morgan fingerprint density at radius 1 is 1.52 bits per heavy atom. The average molecular weight is 297 g/mol. The topological polar surface area (TPSA) is 113 Å². The van der Waals surface area contributed by atoms with Crippen LogP contribution in [0.2, 0.25) is 0 Å². The van der Waals surface area contributed by atoms with Crippen LogP contribution in [0.5, 0.6) is 0 Å². The first-order chi connectivity index (χ1) is 9.85. The predicted octanol–water partition coefficient (Wildman–Crippen LogP) is 1.84. The Labute approximate surface area is 118 Å². The maximum atomic E-state index is 13.4. The van der Waals surface area contributed by atoms with Crippen LogP contribution in [0.3, 0.4) is 0 Å². The monoisotopic (exact) mass is 297 g/mol. The summed E-state index contributed by atoms with van der Waals surface area (Å²) < 4.78 is 13.4. The molecule has 0 radical (unpaired) electrons. The molecular formula is C12H12FN3O5. The molecule has 0 fully saturated rings. The third-order valence-corrected chi connectivity index (χ3v) is 2.36. The van der Waals surface area contributed by atoms with E-state index >= 15 is 0 Å². The fourth-order valence-electron chi connectivity index (χ4n) is 1.47. The van der Waals surface area contributed by atoms with Crippen LogP contribution in [0.25, 0.3) is 0 Å². The van der Waals surface area contributed by atoms with Gasteiger partial charge in [0, 0.05) is 24.4 Å². The van der Waals surface area contributed by atoms with Crippen LogP contribution >= 0.6 is 0 Å². The van der Waals surface area contributed by atoms with Crippen molar-refractivity contribution < 1.29 is 24.0 Å². The van der Waals surface area contributed by atoms with Gasteiger partial charge < -0.3 is 15.3 Å². The van der Waals surface area contributed by atoms with E-state index in [1.165, 1.54) is 6.08 Å². The number of rotatable bonds is 6. The maximum Gasteiger partial charge on any atom is 0.323 e. The molecule has 2 amide bonds. The number of hydrogen-bond acceptors (Lipinski definition) is 4. The van der Waals surface area contributed by atoms with Crippen molar-refractivity contribution in [2.24, 2.45) is 0 Å². The van der Waals surface area contributed by atoms with E-state index in [1.807, 2.05) is 0 Å². The van der Waals surface area contributed by atoms with Crippen molar-refractivity contribution in [1.29, 1.82) is 0 Å². The van der Waals surface area contributed by atoms with Crippen LogP contribution in [0.15, 0.2) is 30.9 Å². The SMILES string of the molecule is C=CCN(CC(=O)O)C(=O)Nc1ccc([N+](=O)[O-])c(F)c1. The molecule has 21 heavy (non-hydrogen) atoms. The minimum atomic E-state index is -1.22. The van der Waals surface area contributed by atoms with Crippen LogP contribution in [0, 0.1) is 15.9 Å². The van der Waals surface area contributed by atoms with Crippen LogP contribution in [-0.2, 0) is 4.79 Å². The fraction of sp³-hybridized carbons (Fsp3) is 0.167. The number of amides is 2. The number of hydrogen-bond donors (Lipinski definition) is 2. The fourth-order valence-corrected chi connectivity index (χ4v) is 1.47. The molecule has 0 unspecified atom stereocenters. The van der Waals surface area contributed by atoms with Crippen molar-refractivity contribution in [3.8, 4) is 0 Å². The van der Waals surface area contributed by atoms with Gasteiger partial charge in [0.15, 0.2) is 0 Å². The number of halogens is 1. The first kappa shape index (κ1) is 16.1. The van der Waals surface area contributed by atoms with E-state index in [-0.39, 0.29) is 12.2 Å². The zero-order chi connectivity index (χ0) is 16.0. The molecule has 8 nitrogen and oxygen atoms in total. The molecule has 0 saturated carbocycles. The molecule has 0 aliphatic rings. The molecule has 1 aromatic carbocycles. The highest BCUT2D eigenvalue weighted by Crippen LogP contribution is 2.21. The lowest BCUT2D eigenvalue weighted by atomic mass is 10.2. The lowest BCUT2D eigenvalue weighted by molar-refractivity contribution is -0.387. The molecule has 0 bridgehead atoms. The Hall–Kier alpha value is -2.97. The summed E-state index contributed by atoms with van der Waals surface area (Å²) in [4.78, 5) is 32.9. The van der Waals surface area contributed by atoms with Gasteiger partial charge in [0.1, 0.15) is 6.54 Å². The number of carbonyl (C=O) groups is 2. The van der Waals surface area contributed by atoms with Crippen molar-refractivity contribution in [3.05, 3.63) is 46.8 Å². The van der Waals surface area contributed by atoms with Crippen molar-refractivity contribution in [1.82, 2.24) is 4.90 Å². The second-order valence-corrected chi connectivity index (χ2v) is 3.92. The highest BCUT2D eigenvalue weighted by atomic mass is 19.1. The summed E-state index contributed by atoms with van der Waals surface area (Å²) in [6.45, 7) is 2.81. The Bertz CT molecular complexity index is 590. The number of urea groups is 1. The molecule has 9 heteroatoms. The Kier molecular flexibility index (Phi) is 5.35. The smallest absolute Gasteiger partial charge is 0.323 e. The van der Waals surface area contributed by atoms with Gasteiger partial charge in [0.05, 0.1) is 4.92 Å². The molecule has 2 N–H and O–H groups in total. The van der Waals surface area contributed by atoms with E-state index in [1.54, 1.807) is 0 Å². The molecule has 112 valence electrons. The highest BCUT2D eigenvalue weighted by molar-refractivity contribution is 5.91. The minimum Gasteiger partial charge on any atom is -0.480 e. The van der Waals surface area contributed by atoms with Gasteiger partial charge in [-0.25, -0.2) is 4.79 Å². The lowest BCUT2D eigenvalue weighted by Gasteiger charge is -2.19. The standard InChI is InChI=1S/C12H12FN3O5/c1-2-5-15(7-11(17)18)12(19)14-8-3-4-10(16(20)21)9(13)6-8/h2-4,6H,1,5,7H2,(H,14,19)(H,17,18). The molecule has 1 rings (SSSR count). The van der Waals surface area contributed by atoms with Gasteiger partial charge in [-0.05, 0) is 6.07 Å².